The number of ether oxygens (including phenoxy) is 1. The number of nitro benzene ring substituents is 1. The summed E-state index contributed by atoms with van der Waals surface area (Å²) in [5, 5.41) is 21.3. The fourth-order valence-electron chi connectivity index (χ4n) is 5.85. The zero-order valence-electron chi connectivity index (χ0n) is 23.7. The van der Waals surface area contributed by atoms with Gasteiger partial charge in [-0.05, 0) is 36.8 Å². The van der Waals surface area contributed by atoms with Gasteiger partial charge < -0.3 is 14.7 Å². The van der Waals surface area contributed by atoms with Crippen LogP contribution in [0.1, 0.15) is 57.9 Å². The number of non-ortho nitro benzene ring substituents is 1. The minimum Gasteiger partial charge on any atom is -0.456 e. The number of hydrogen-bond donors (Lipinski definition) is 1. The Balaban J connectivity index is 1.43. The van der Waals surface area contributed by atoms with E-state index in [4.69, 9.17) is 4.74 Å². The monoisotopic (exact) mass is 615 g/mol. The third-order valence-corrected chi connectivity index (χ3v) is 9.05. The number of β-lactam (4-membered cyclic amide) rings is 1. The van der Waals surface area contributed by atoms with Crippen LogP contribution in [0.5, 0.6) is 0 Å². The van der Waals surface area contributed by atoms with Gasteiger partial charge in [-0.25, -0.2) is 9.78 Å². The average molecular weight is 616 g/mol. The summed E-state index contributed by atoms with van der Waals surface area (Å²) in [7, 11) is 0. The molecule has 1 aromatic carbocycles. The van der Waals surface area contributed by atoms with Gasteiger partial charge in [0.2, 0.25) is 11.7 Å². The van der Waals surface area contributed by atoms with Crippen molar-refractivity contribution in [2.45, 2.75) is 39.5 Å². The number of nitrogens with zero attached hydrogens (tertiary/aromatic N) is 5. The van der Waals surface area contributed by atoms with Crippen LogP contribution in [-0.4, -0.2) is 64.9 Å². The summed E-state index contributed by atoms with van der Waals surface area (Å²) in [6, 6.07) is 8.24. The maximum Gasteiger partial charge on any atom is 0.355 e. The van der Waals surface area contributed by atoms with Crippen molar-refractivity contribution < 1.29 is 33.9 Å². The van der Waals surface area contributed by atoms with Gasteiger partial charge in [0.1, 0.15) is 22.8 Å². The summed E-state index contributed by atoms with van der Waals surface area (Å²) in [6.07, 6.45) is 3.60. The number of hydrogen-bond acceptors (Lipinski definition) is 11. The quantitative estimate of drug-likeness (QED) is 0.0965. The van der Waals surface area contributed by atoms with Crippen molar-refractivity contribution >= 4 is 50.9 Å². The number of carbonyl (C=O) groups is 4. The highest BCUT2D eigenvalue weighted by Crippen LogP contribution is 2.52. The molecule has 3 aromatic heterocycles. The lowest BCUT2D eigenvalue weighted by atomic mass is 9.77. The minimum absolute atomic E-state index is 0.00767. The number of aromatic nitrogens is 3. The number of ketones is 2. The number of nitro groups is 1. The highest BCUT2D eigenvalue weighted by molar-refractivity contribution is 7.18. The molecule has 1 N–H and O–H groups in total. The number of aliphatic hydroxyl groups is 1. The molecule has 6 rings (SSSR count). The number of fused-ring (bicyclic) bond motifs is 2. The van der Waals surface area contributed by atoms with E-state index in [2.05, 4.69) is 9.97 Å². The Morgan fingerprint density at radius 1 is 1.20 bits per heavy atom. The molecule has 13 nitrogen and oxygen atoms in total. The lowest BCUT2D eigenvalue weighted by Crippen LogP contribution is -2.63. The van der Waals surface area contributed by atoms with Crippen LogP contribution in [0.4, 0.5) is 5.69 Å². The topological polar surface area (TPSA) is 174 Å². The lowest BCUT2D eigenvalue weighted by Gasteiger charge is -2.46. The molecule has 4 aromatic rings. The standard InChI is InChI=1S/C30H25N5O8S/c1-14-21(20-12-33-27(16(3)37)32-23(29(33)44-20)26(38)18-5-4-10-31-11-18)25(34-24(14)22(15(2)36)28(34)39)30(40)43-13-17-6-8-19(9-7-17)35(41)42/h4-12,14-15,22,24,36H,13H2,1-3H3/t14-,15+,22+,24+/m0/s1. The second kappa shape index (κ2) is 10.9. The summed E-state index contributed by atoms with van der Waals surface area (Å²) < 4.78 is 7.10. The van der Waals surface area contributed by atoms with Gasteiger partial charge in [0, 0.05) is 54.7 Å². The van der Waals surface area contributed by atoms with Crippen molar-refractivity contribution in [1.29, 1.82) is 0 Å². The number of aliphatic hydroxyl groups excluding tert-OH is 1. The molecule has 1 saturated heterocycles. The molecular formula is C30H25N5O8S. The molecule has 0 saturated carbocycles. The Morgan fingerprint density at radius 3 is 2.55 bits per heavy atom. The summed E-state index contributed by atoms with van der Waals surface area (Å²) >= 11 is 1.15. The van der Waals surface area contributed by atoms with E-state index in [1.54, 1.807) is 18.3 Å². The summed E-state index contributed by atoms with van der Waals surface area (Å²) in [5.74, 6) is -3.13. The Bertz CT molecular complexity index is 1890. The molecule has 5 heterocycles. The fourth-order valence-corrected chi connectivity index (χ4v) is 7.08. The Labute approximate surface area is 253 Å². The van der Waals surface area contributed by atoms with Gasteiger partial charge in [0.05, 0.1) is 27.9 Å². The third-order valence-electron chi connectivity index (χ3n) is 7.92. The van der Waals surface area contributed by atoms with Gasteiger partial charge in [-0.15, -0.1) is 11.3 Å². The van der Waals surface area contributed by atoms with Crippen LogP contribution in [0.15, 0.2) is 60.7 Å². The second-order valence-corrected chi connectivity index (χ2v) is 11.7. The van der Waals surface area contributed by atoms with E-state index in [9.17, 15) is 34.4 Å². The molecule has 2 aliphatic heterocycles. The molecule has 14 heteroatoms. The first-order valence-corrected chi connectivity index (χ1v) is 14.4. The molecule has 1 fully saturated rings. The number of rotatable bonds is 9. The van der Waals surface area contributed by atoms with Crippen molar-refractivity contribution in [1.82, 2.24) is 19.3 Å². The number of benzene rings is 1. The van der Waals surface area contributed by atoms with E-state index < -0.39 is 46.6 Å². The molecule has 0 unspecified atom stereocenters. The van der Waals surface area contributed by atoms with Crippen LogP contribution < -0.4 is 0 Å². The summed E-state index contributed by atoms with van der Waals surface area (Å²) in [4.78, 5) is 73.8. The van der Waals surface area contributed by atoms with Crippen molar-refractivity contribution in [3.8, 4) is 0 Å². The number of esters is 1. The van der Waals surface area contributed by atoms with Crippen LogP contribution in [0.3, 0.4) is 0 Å². The normalized spacial score (nSPS) is 20.0. The third kappa shape index (κ3) is 4.59. The van der Waals surface area contributed by atoms with Crippen molar-refractivity contribution in [2.75, 3.05) is 0 Å². The molecule has 224 valence electrons. The molecule has 2 aliphatic rings. The van der Waals surface area contributed by atoms with E-state index in [1.165, 1.54) is 59.8 Å². The molecule has 4 atom stereocenters. The van der Waals surface area contributed by atoms with Crippen LogP contribution in [0.2, 0.25) is 0 Å². The van der Waals surface area contributed by atoms with Gasteiger partial charge in [0.15, 0.2) is 11.6 Å². The molecule has 0 radical (unpaired) electrons. The SMILES string of the molecule is CC(=O)c1nc(C(=O)c2cccnc2)c2sc(C3=C(C(=O)OCc4ccc([N+](=O)[O-])cc4)N4C(=O)[C@H]([C@@H](C)O)[C@H]4[C@H]3C)cn12. The largest absolute Gasteiger partial charge is 0.456 e. The van der Waals surface area contributed by atoms with Crippen molar-refractivity contribution in [3.63, 3.8) is 0 Å². The number of imidazole rings is 1. The first-order valence-electron chi connectivity index (χ1n) is 13.6. The molecule has 0 bridgehead atoms. The van der Waals surface area contributed by atoms with Gasteiger partial charge in [0.25, 0.3) is 5.69 Å². The zero-order chi connectivity index (χ0) is 31.4. The number of amides is 1. The van der Waals surface area contributed by atoms with Gasteiger partial charge in [-0.3, -0.25) is 33.9 Å². The maximum atomic E-state index is 13.6. The van der Waals surface area contributed by atoms with Crippen molar-refractivity contribution in [3.05, 3.63) is 98.3 Å². The average Bonchev–Trinajstić information content (AvgIpc) is 3.64. The van der Waals surface area contributed by atoms with Crippen LogP contribution in [0, 0.1) is 22.0 Å². The Hall–Kier alpha value is -5.08. The van der Waals surface area contributed by atoms with E-state index in [1.807, 2.05) is 6.92 Å². The summed E-state index contributed by atoms with van der Waals surface area (Å²) in [6.45, 7) is 4.49. The maximum absolute atomic E-state index is 13.6. The number of Topliss-reactive ketones (excluding diaryl/α,β-unsaturated/α-hetero) is 1. The Kier molecular flexibility index (Phi) is 7.18. The predicted octanol–water partition coefficient (Wildman–Crippen LogP) is 3.44. The zero-order valence-corrected chi connectivity index (χ0v) is 24.5. The number of thiazole rings is 1. The minimum atomic E-state index is -0.959. The second-order valence-electron chi connectivity index (χ2n) is 10.7. The molecule has 44 heavy (non-hydrogen) atoms. The Morgan fingerprint density at radius 2 is 1.93 bits per heavy atom. The highest BCUT2D eigenvalue weighted by atomic mass is 32.1. The van der Waals surface area contributed by atoms with E-state index in [-0.39, 0.29) is 40.9 Å². The molecule has 0 aliphatic carbocycles. The van der Waals surface area contributed by atoms with Crippen molar-refractivity contribution in [2.24, 2.45) is 11.8 Å². The smallest absolute Gasteiger partial charge is 0.355 e. The highest BCUT2D eigenvalue weighted by Gasteiger charge is 2.60. The first kappa shape index (κ1) is 29.0. The molecular weight excluding hydrogens is 590 g/mol. The van der Waals surface area contributed by atoms with Gasteiger partial charge in [-0.1, -0.05) is 6.92 Å². The molecule has 1 amide bonds. The fraction of sp³-hybridized carbons (Fsp3) is 0.267. The first-order chi connectivity index (χ1) is 21.0. The van der Waals surface area contributed by atoms with E-state index in [0.717, 1.165) is 11.3 Å². The van der Waals surface area contributed by atoms with Gasteiger partial charge in [-0.2, -0.15) is 0 Å². The van der Waals surface area contributed by atoms with Gasteiger partial charge >= 0.3 is 5.97 Å². The number of carbonyl (C=O) groups excluding carboxylic acids is 4. The van der Waals surface area contributed by atoms with E-state index >= 15 is 0 Å². The predicted molar refractivity (Wildman–Crippen MR) is 156 cm³/mol. The summed E-state index contributed by atoms with van der Waals surface area (Å²) in [5.41, 5.74) is 1.22. The van der Waals surface area contributed by atoms with E-state index in [0.29, 0.717) is 20.8 Å². The number of pyridine rings is 1. The molecule has 0 spiro atoms. The van der Waals surface area contributed by atoms with Crippen LogP contribution in [-0.2, 0) is 20.9 Å². The van der Waals surface area contributed by atoms with Crippen LogP contribution >= 0.6 is 11.3 Å². The van der Waals surface area contributed by atoms with Crippen LogP contribution in [0.25, 0.3) is 10.4 Å². The lowest BCUT2D eigenvalue weighted by molar-refractivity contribution is -0.384.